The molecule has 15 heavy (non-hydrogen) atoms. The van der Waals surface area contributed by atoms with Gasteiger partial charge in [-0.1, -0.05) is 11.6 Å². The lowest BCUT2D eigenvalue weighted by Crippen LogP contribution is -1.99. The molecule has 0 saturated heterocycles. The molecule has 0 bridgehead atoms. The summed E-state index contributed by atoms with van der Waals surface area (Å²) in [6, 6.07) is 8.34. The summed E-state index contributed by atoms with van der Waals surface area (Å²) in [6.07, 6.45) is 1.47. The quantitative estimate of drug-likeness (QED) is 0.783. The minimum Gasteiger partial charge on any atom is -0.461 e. The highest BCUT2D eigenvalue weighted by molar-refractivity contribution is 9.10. The van der Waals surface area contributed by atoms with Gasteiger partial charge in [0.05, 0.1) is 11.3 Å². The van der Waals surface area contributed by atoms with Gasteiger partial charge < -0.3 is 4.42 Å². The third-order valence-corrected chi connectivity index (χ3v) is 3.16. The second kappa shape index (κ2) is 4.21. The lowest BCUT2D eigenvalue weighted by atomic mass is 10.1. The van der Waals surface area contributed by atoms with Crippen molar-refractivity contribution in [3.05, 3.63) is 57.4 Å². The molecular weight excluding hydrogens is 279 g/mol. The lowest BCUT2D eigenvalue weighted by Gasteiger charge is -2.00. The smallest absolute Gasteiger partial charge is 0.228 e. The van der Waals surface area contributed by atoms with Crippen LogP contribution in [0.2, 0.25) is 5.02 Å². The molecular formula is C11H6BrClO2. The van der Waals surface area contributed by atoms with Gasteiger partial charge in [-0.05, 0) is 46.3 Å². The number of benzene rings is 1. The molecule has 0 unspecified atom stereocenters. The van der Waals surface area contributed by atoms with Gasteiger partial charge in [-0.2, -0.15) is 0 Å². The Balaban J connectivity index is 2.39. The first-order valence-corrected chi connectivity index (χ1v) is 5.39. The Morgan fingerprint density at radius 2 is 2.13 bits per heavy atom. The molecule has 0 spiro atoms. The van der Waals surface area contributed by atoms with Crippen LogP contribution < -0.4 is 0 Å². The van der Waals surface area contributed by atoms with E-state index in [0.29, 0.717) is 16.3 Å². The van der Waals surface area contributed by atoms with Gasteiger partial charge in [0.25, 0.3) is 0 Å². The van der Waals surface area contributed by atoms with Crippen molar-refractivity contribution in [3.63, 3.8) is 0 Å². The van der Waals surface area contributed by atoms with E-state index in [0.717, 1.165) is 4.47 Å². The van der Waals surface area contributed by atoms with Crippen molar-refractivity contribution in [2.75, 3.05) is 0 Å². The van der Waals surface area contributed by atoms with Gasteiger partial charge >= 0.3 is 0 Å². The van der Waals surface area contributed by atoms with Gasteiger partial charge in [-0.3, -0.25) is 4.79 Å². The third kappa shape index (κ3) is 2.13. The molecule has 1 heterocycles. The molecule has 0 atom stereocenters. The fraction of sp³-hybridized carbons (Fsp3) is 0. The van der Waals surface area contributed by atoms with E-state index in [2.05, 4.69) is 15.9 Å². The molecule has 2 aromatic rings. The molecule has 0 N–H and O–H groups in total. The van der Waals surface area contributed by atoms with Gasteiger partial charge in [-0.15, -0.1) is 0 Å². The Bertz CT molecular complexity index is 491. The number of hydrogen-bond donors (Lipinski definition) is 0. The second-order valence-corrected chi connectivity index (χ2v) is 4.20. The van der Waals surface area contributed by atoms with Crippen LogP contribution in [-0.4, -0.2) is 5.78 Å². The van der Waals surface area contributed by atoms with Crippen LogP contribution in [0.5, 0.6) is 0 Å². The maximum Gasteiger partial charge on any atom is 0.228 e. The first kappa shape index (κ1) is 10.5. The maximum absolute atomic E-state index is 11.8. The molecule has 0 amide bonds. The van der Waals surface area contributed by atoms with Gasteiger partial charge in [0, 0.05) is 10.0 Å². The van der Waals surface area contributed by atoms with Crippen molar-refractivity contribution in [1.82, 2.24) is 0 Å². The Morgan fingerprint density at radius 3 is 2.73 bits per heavy atom. The molecule has 0 saturated carbocycles. The molecule has 0 aliphatic heterocycles. The largest absolute Gasteiger partial charge is 0.461 e. The second-order valence-electron chi connectivity index (χ2n) is 2.94. The Hall–Kier alpha value is -1.06. The minimum absolute atomic E-state index is 0.172. The molecule has 0 aliphatic carbocycles. The number of furan rings is 1. The number of hydrogen-bond acceptors (Lipinski definition) is 2. The zero-order chi connectivity index (χ0) is 10.8. The van der Waals surface area contributed by atoms with Crippen molar-refractivity contribution in [2.45, 2.75) is 0 Å². The van der Waals surface area contributed by atoms with E-state index in [1.165, 1.54) is 6.26 Å². The maximum atomic E-state index is 11.8. The lowest BCUT2D eigenvalue weighted by molar-refractivity contribution is 0.101. The van der Waals surface area contributed by atoms with Crippen molar-refractivity contribution in [2.24, 2.45) is 0 Å². The highest BCUT2D eigenvalue weighted by Crippen LogP contribution is 2.24. The summed E-state index contributed by atoms with van der Waals surface area (Å²) in [4.78, 5) is 11.8. The van der Waals surface area contributed by atoms with Crippen molar-refractivity contribution in [1.29, 1.82) is 0 Å². The summed E-state index contributed by atoms with van der Waals surface area (Å²) in [5, 5.41) is 0.507. The first-order chi connectivity index (χ1) is 7.18. The summed E-state index contributed by atoms with van der Waals surface area (Å²) in [6.45, 7) is 0. The predicted molar refractivity (Wildman–Crippen MR) is 61.3 cm³/mol. The average molecular weight is 286 g/mol. The molecule has 2 rings (SSSR count). The number of ketones is 1. The molecule has 0 fully saturated rings. The number of halogens is 2. The van der Waals surface area contributed by atoms with Crippen LogP contribution in [0, 0.1) is 0 Å². The summed E-state index contributed by atoms with van der Waals surface area (Å²) in [5.74, 6) is 0.141. The van der Waals surface area contributed by atoms with Crippen molar-refractivity contribution >= 4 is 33.3 Å². The predicted octanol–water partition coefficient (Wildman–Crippen LogP) is 3.93. The number of carbonyl (C=O) groups is 1. The average Bonchev–Trinajstić information content (AvgIpc) is 2.74. The Morgan fingerprint density at radius 1 is 1.33 bits per heavy atom. The summed E-state index contributed by atoms with van der Waals surface area (Å²) in [7, 11) is 0. The highest BCUT2D eigenvalue weighted by atomic mass is 79.9. The van der Waals surface area contributed by atoms with E-state index in [1.807, 2.05) is 0 Å². The summed E-state index contributed by atoms with van der Waals surface area (Å²) < 4.78 is 5.78. The molecule has 76 valence electrons. The molecule has 1 aromatic heterocycles. The number of carbonyl (C=O) groups excluding carboxylic acids is 1. The van der Waals surface area contributed by atoms with E-state index < -0.39 is 0 Å². The van der Waals surface area contributed by atoms with Crippen LogP contribution in [0.15, 0.2) is 45.5 Å². The van der Waals surface area contributed by atoms with Crippen LogP contribution in [0.1, 0.15) is 16.1 Å². The molecule has 1 aromatic carbocycles. The monoisotopic (exact) mass is 284 g/mol. The standard InChI is InChI=1S/C11H6BrClO2/c12-8-4-3-7(6-9(8)13)11(14)10-2-1-5-15-10/h1-6H. The first-order valence-electron chi connectivity index (χ1n) is 4.22. The van der Waals surface area contributed by atoms with Gasteiger partial charge in [0.2, 0.25) is 5.78 Å². The SMILES string of the molecule is O=C(c1ccc(Br)c(Cl)c1)c1ccco1. The topological polar surface area (TPSA) is 30.2 Å². The minimum atomic E-state index is -0.172. The van der Waals surface area contributed by atoms with Crippen molar-refractivity contribution in [3.8, 4) is 0 Å². The van der Waals surface area contributed by atoms with Gasteiger partial charge in [0.15, 0.2) is 5.76 Å². The normalized spacial score (nSPS) is 10.3. The Kier molecular flexibility index (Phi) is 2.93. The zero-order valence-corrected chi connectivity index (χ0v) is 9.88. The molecule has 2 nitrogen and oxygen atoms in total. The number of rotatable bonds is 2. The van der Waals surface area contributed by atoms with Crippen LogP contribution in [0.4, 0.5) is 0 Å². The molecule has 0 radical (unpaired) electrons. The van der Waals surface area contributed by atoms with Crippen LogP contribution >= 0.6 is 27.5 Å². The van der Waals surface area contributed by atoms with E-state index in [-0.39, 0.29) is 5.78 Å². The van der Waals surface area contributed by atoms with E-state index in [4.69, 9.17) is 16.0 Å². The third-order valence-electron chi connectivity index (χ3n) is 1.93. The van der Waals surface area contributed by atoms with Gasteiger partial charge in [-0.25, -0.2) is 0 Å². The van der Waals surface area contributed by atoms with Crippen molar-refractivity contribution < 1.29 is 9.21 Å². The molecule has 0 aliphatic rings. The van der Waals surface area contributed by atoms with Crippen LogP contribution in [-0.2, 0) is 0 Å². The van der Waals surface area contributed by atoms with E-state index in [9.17, 15) is 4.79 Å². The summed E-state index contributed by atoms with van der Waals surface area (Å²) >= 11 is 9.15. The van der Waals surface area contributed by atoms with Crippen LogP contribution in [0.3, 0.4) is 0 Å². The van der Waals surface area contributed by atoms with E-state index >= 15 is 0 Å². The fourth-order valence-electron chi connectivity index (χ4n) is 1.19. The zero-order valence-electron chi connectivity index (χ0n) is 7.54. The van der Waals surface area contributed by atoms with Gasteiger partial charge in [0.1, 0.15) is 0 Å². The highest BCUT2D eigenvalue weighted by Gasteiger charge is 2.12. The van der Waals surface area contributed by atoms with Crippen LogP contribution in [0.25, 0.3) is 0 Å². The fourth-order valence-corrected chi connectivity index (χ4v) is 1.61. The molecule has 4 heteroatoms. The van der Waals surface area contributed by atoms with E-state index in [1.54, 1.807) is 30.3 Å². The Labute approximate surface area is 100.0 Å². The summed E-state index contributed by atoms with van der Waals surface area (Å²) in [5.41, 5.74) is 0.512.